The van der Waals surface area contributed by atoms with Crippen molar-refractivity contribution in [3.05, 3.63) is 42.5 Å². The van der Waals surface area contributed by atoms with Crippen LogP contribution in [0.1, 0.15) is 12.0 Å². The Labute approximate surface area is 120 Å². The van der Waals surface area contributed by atoms with Crippen LogP contribution in [0.2, 0.25) is 0 Å². The zero-order valence-corrected chi connectivity index (χ0v) is 12.1. The molecule has 0 aromatic heterocycles. The highest BCUT2D eigenvalue weighted by molar-refractivity contribution is 5.33. The molecule has 0 saturated carbocycles. The maximum absolute atomic E-state index is 5.65. The van der Waals surface area contributed by atoms with Gasteiger partial charge in [0.25, 0.3) is 0 Å². The topological polar surface area (TPSA) is 39.7 Å². The first kappa shape index (κ1) is 15.0. The smallest absolute Gasteiger partial charge is 0.124 e. The number of hydrogen-bond donors (Lipinski definition) is 1. The Morgan fingerprint density at radius 1 is 1.45 bits per heavy atom. The van der Waals surface area contributed by atoms with Gasteiger partial charge in [0.1, 0.15) is 18.0 Å². The first-order valence-corrected chi connectivity index (χ1v) is 6.95. The standard InChI is InChI=1S/C16H23NO3/c1-3-9-20-15-7-5-4-6-14(15)11-17-12-16(18-2)8-10-19-13-16/h3-7,17H,1,8-13H2,2H3. The fraction of sp³-hybridized carbons (Fsp3) is 0.500. The Balaban J connectivity index is 1.88. The second-order valence-electron chi connectivity index (χ2n) is 5.00. The summed E-state index contributed by atoms with van der Waals surface area (Å²) in [5.41, 5.74) is 0.955. The summed E-state index contributed by atoms with van der Waals surface area (Å²) in [6.07, 6.45) is 2.69. The van der Waals surface area contributed by atoms with Crippen molar-refractivity contribution in [3.8, 4) is 5.75 Å². The van der Waals surface area contributed by atoms with Crippen molar-refractivity contribution in [2.24, 2.45) is 0 Å². The molecule has 0 amide bonds. The lowest BCUT2D eigenvalue weighted by Crippen LogP contribution is -2.42. The molecule has 1 heterocycles. The summed E-state index contributed by atoms with van der Waals surface area (Å²) in [7, 11) is 1.75. The molecule has 1 atom stereocenters. The van der Waals surface area contributed by atoms with E-state index >= 15 is 0 Å². The van der Waals surface area contributed by atoms with E-state index in [-0.39, 0.29) is 5.60 Å². The number of hydrogen-bond acceptors (Lipinski definition) is 4. The van der Waals surface area contributed by atoms with Crippen molar-refractivity contribution in [1.29, 1.82) is 0 Å². The van der Waals surface area contributed by atoms with Gasteiger partial charge < -0.3 is 19.5 Å². The van der Waals surface area contributed by atoms with Gasteiger partial charge in [-0.25, -0.2) is 0 Å². The van der Waals surface area contributed by atoms with Gasteiger partial charge in [-0.15, -0.1) is 0 Å². The molecule has 4 heteroatoms. The molecule has 4 nitrogen and oxygen atoms in total. The molecule has 1 fully saturated rings. The van der Waals surface area contributed by atoms with Gasteiger partial charge >= 0.3 is 0 Å². The molecule has 110 valence electrons. The van der Waals surface area contributed by atoms with E-state index in [1.54, 1.807) is 13.2 Å². The molecule has 0 bridgehead atoms. The van der Waals surface area contributed by atoms with Crippen LogP contribution >= 0.6 is 0 Å². The summed E-state index contributed by atoms with van der Waals surface area (Å²) < 4.78 is 16.7. The highest BCUT2D eigenvalue weighted by Gasteiger charge is 2.34. The Kier molecular flexibility index (Phi) is 5.59. The summed E-state index contributed by atoms with van der Waals surface area (Å²) in [6, 6.07) is 8.03. The lowest BCUT2D eigenvalue weighted by atomic mass is 10.0. The predicted octanol–water partition coefficient (Wildman–Crippen LogP) is 2.15. The van der Waals surface area contributed by atoms with Crippen LogP contribution in [0.25, 0.3) is 0 Å². The van der Waals surface area contributed by atoms with Crippen LogP contribution < -0.4 is 10.1 Å². The fourth-order valence-electron chi connectivity index (χ4n) is 2.33. The molecule has 2 rings (SSSR count). The molecule has 1 aromatic carbocycles. The van der Waals surface area contributed by atoms with Crippen LogP contribution in [0.15, 0.2) is 36.9 Å². The SMILES string of the molecule is C=CCOc1ccccc1CNCC1(OC)CCOC1. The van der Waals surface area contributed by atoms with Crippen LogP contribution in [0.3, 0.4) is 0 Å². The van der Waals surface area contributed by atoms with E-state index in [1.807, 2.05) is 18.2 Å². The van der Waals surface area contributed by atoms with Crippen molar-refractivity contribution >= 4 is 0 Å². The molecule has 0 radical (unpaired) electrons. The minimum absolute atomic E-state index is 0.184. The van der Waals surface area contributed by atoms with Gasteiger partial charge in [-0.05, 0) is 6.07 Å². The molecule has 0 aliphatic carbocycles. The number of ether oxygens (including phenoxy) is 3. The molecule has 1 aliphatic heterocycles. The maximum Gasteiger partial charge on any atom is 0.124 e. The molecular formula is C16H23NO3. The van der Waals surface area contributed by atoms with Gasteiger partial charge in [0, 0.05) is 38.8 Å². The van der Waals surface area contributed by atoms with E-state index in [1.165, 1.54) is 0 Å². The minimum Gasteiger partial charge on any atom is -0.489 e. The average molecular weight is 277 g/mol. The third-order valence-electron chi connectivity index (χ3n) is 3.59. The quantitative estimate of drug-likeness (QED) is 0.739. The summed E-state index contributed by atoms with van der Waals surface area (Å²) in [4.78, 5) is 0. The first-order chi connectivity index (χ1) is 9.79. The number of nitrogens with one attached hydrogen (secondary N) is 1. The van der Waals surface area contributed by atoms with Gasteiger partial charge in [0.05, 0.1) is 6.61 Å². The third-order valence-corrected chi connectivity index (χ3v) is 3.59. The highest BCUT2D eigenvalue weighted by Crippen LogP contribution is 2.22. The average Bonchev–Trinajstić information content (AvgIpc) is 2.96. The molecule has 0 spiro atoms. The van der Waals surface area contributed by atoms with Crippen LogP contribution in [-0.4, -0.2) is 39.1 Å². The van der Waals surface area contributed by atoms with E-state index in [0.717, 1.165) is 37.4 Å². The largest absolute Gasteiger partial charge is 0.489 e. The van der Waals surface area contributed by atoms with Crippen LogP contribution in [0, 0.1) is 0 Å². The molecule has 1 N–H and O–H groups in total. The van der Waals surface area contributed by atoms with E-state index in [0.29, 0.717) is 13.2 Å². The zero-order chi connectivity index (χ0) is 14.3. The van der Waals surface area contributed by atoms with Crippen molar-refractivity contribution in [2.75, 3.05) is 33.5 Å². The fourth-order valence-corrected chi connectivity index (χ4v) is 2.33. The van der Waals surface area contributed by atoms with E-state index in [2.05, 4.69) is 18.0 Å². The highest BCUT2D eigenvalue weighted by atomic mass is 16.5. The maximum atomic E-state index is 5.65. The van der Waals surface area contributed by atoms with Crippen LogP contribution in [0.4, 0.5) is 0 Å². The van der Waals surface area contributed by atoms with E-state index < -0.39 is 0 Å². The predicted molar refractivity (Wildman–Crippen MR) is 79.0 cm³/mol. The lowest BCUT2D eigenvalue weighted by Gasteiger charge is -2.26. The Morgan fingerprint density at radius 2 is 2.30 bits per heavy atom. The van der Waals surface area contributed by atoms with Crippen molar-refractivity contribution < 1.29 is 14.2 Å². The second-order valence-corrected chi connectivity index (χ2v) is 5.00. The third kappa shape index (κ3) is 3.82. The van der Waals surface area contributed by atoms with Crippen molar-refractivity contribution in [3.63, 3.8) is 0 Å². The number of rotatable bonds is 8. The summed E-state index contributed by atoms with van der Waals surface area (Å²) >= 11 is 0. The molecule has 1 unspecified atom stereocenters. The molecule has 20 heavy (non-hydrogen) atoms. The second kappa shape index (κ2) is 7.43. The first-order valence-electron chi connectivity index (χ1n) is 6.95. The van der Waals surface area contributed by atoms with Gasteiger partial charge in [0.15, 0.2) is 0 Å². The van der Waals surface area contributed by atoms with Crippen molar-refractivity contribution in [1.82, 2.24) is 5.32 Å². The Morgan fingerprint density at radius 3 is 3.00 bits per heavy atom. The number of methoxy groups -OCH3 is 1. The summed E-state index contributed by atoms with van der Waals surface area (Å²) in [5, 5.41) is 3.44. The zero-order valence-electron chi connectivity index (χ0n) is 12.1. The van der Waals surface area contributed by atoms with Crippen molar-refractivity contribution in [2.45, 2.75) is 18.6 Å². The van der Waals surface area contributed by atoms with Gasteiger partial charge in [-0.3, -0.25) is 0 Å². The molecule has 1 aromatic rings. The van der Waals surface area contributed by atoms with E-state index in [4.69, 9.17) is 14.2 Å². The number of para-hydroxylation sites is 1. The molecule has 1 aliphatic rings. The Bertz CT molecular complexity index is 427. The van der Waals surface area contributed by atoms with Gasteiger partial charge in [-0.2, -0.15) is 0 Å². The Hall–Kier alpha value is -1.36. The molecular weight excluding hydrogens is 254 g/mol. The summed E-state index contributed by atoms with van der Waals surface area (Å²) in [6.45, 7) is 7.15. The van der Waals surface area contributed by atoms with Gasteiger partial charge in [0.2, 0.25) is 0 Å². The normalized spacial score (nSPS) is 21.9. The minimum atomic E-state index is -0.184. The molecule has 1 saturated heterocycles. The summed E-state index contributed by atoms with van der Waals surface area (Å²) in [5.74, 6) is 0.897. The monoisotopic (exact) mass is 277 g/mol. The van der Waals surface area contributed by atoms with Crippen LogP contribution in [-0.2, 0) is 16.0 Å². The lowest BCUT2D eigenvalue weighted by molar-refractivity contribution is -0.0159. The van der Waals surface area contributed by atoms with Crippen LogP contribution in [0.5, 0.6) is 5.75 Å². The van der Waals surface area contributed by atoms with E-state index in [9.17, 15) is 0 Å². The number of benzene rings is 1. The van der Waals surface area contributed by atoms with Gasteiger partial charge in [-0.1, -0.05) is 30.9 Å².